The molecule has 0 spiro atoms. The van der Waals surface area contributed by atoms with Crippen molar-refractivity contribution >= 4 is 40.6 Å². The van der Waals surface area contributed by atoms with Gasteiger partial charge in [-0.3, -0.25) is 19.5 Å². The minimum Gasteiger partial charge on any atom is -0.490 e. The molecule has 0 unspecified atom stereocenters. The lowest BCUT2D eigenvalue weighted by Crippen LogP contribution is -2.32. The summed E-state index contributed by atoms with van der Waals surface area (Å²) >= 11 is 6.92. The molecule has 1 aromatic heterocycles. The predicted octanol–water partition coefficient (Wildman–Crippen LogP) is 4.16. The summed E-state index contributed by atoms with van der Waals surface area (Å²) in [5.41, 5.74) is 1.50. The maximum atomic E-state index is 12.4. The molecule has 0 atom stereocenters. The first-order chi connectivity index (χ1) is 12.0. The highest BCUT2D eigenvalue weighted by atomic mass is 35.5. The standard InChI is InChI=1S/C18H15ClN2O3S/c1-12-5-4-6-13(20-12)11-16-17(22)21(18(23)25-16)9-10-24-15-8-3-2-7-14(15)19/h2-8,11H,9-10H2,1H3/b16-11-. The topological polar surface area (TPSA) is 59.5 Å². The summed E-state index contributed by atoms with van der Waals surface area (Å²) in [6.07, 6.45) is 1.63. The van der Waals surface area contributed by atoms with Gasteiger partial charge in [0, 0.05) is 5.69 Å². The minimum absolute atomic E-state index is 0.161. The predicted molar refractivity (Wildman–Crippen MR) is 98.6 cm³/mol. The van der Waals surface area contributed by atoms with Crippen molar-refractivity contribution in [3.05, 3.63) is 63.8 Å². The van der Waals surface area contributed by atoms with Crippen LogP contribution in [0.5, 0.6) is 5.75 Å². The fourth-order valence-corrected chi connectivity index (χ4v) is 3.32. The van der Waals surface area contributed by atoms with Gasteiger partial charge in [0.1, 0.15) is 12.4 Å². The van der Waals surface area contributed by atoms with E-state index < -0.39 is 0 Å². The van der Waals surface area contributed by atoms with E-state index in [1.165, 1.54) is 4.90 Å². The molecule has 3 rings (SSSR count). The Labute approximate surface area is 154 Å². The summed E-state index contributed by atoms with van der Waals surface area (Å²) in [6.45, 7) is 2.21. The Hall–Kier alpha value is -2.31. The molecule has 25 heavy (non-hydrogen) atoms. The SMILES string of the molecule is Cc1cccc(/C=C2\SC(=O)N(CCOc3ccccc3Cl)C2=O)n1. The van der Waals surface area contributed by atoms with Gasteiger partial charge in [-0.25, -0.2) is 0 Å². The highest BCUT2D eigenvalue weighted by Gasteiger charge is 2.34. The Bertz CT molecular complexity index is 854. The van der Waals surface area contributed by atoms with Crippen LogP contribution in [0.25, 0.3) is 6.08 Å². The number of aryl methyl sites for hydroxylation is 1. The third-order valence-electron chi connectivity index (χ3n) is 3.47. The summed E-state index contributed by atoms with van der Waals surface area (Å²) in [6, 6.07) is 12.6. The van der Waals surface area contributed by atoms with Crippen LogP contribution in [0.4, 0.5) is 4.79 Å². The molecule has 1 aromatic carbocycles. The third-order valence-corrected chi connectivity index (χ3v) is 4.69. The van der Waals surface area contributed by atoms with Crippen LogP contribution in [0.15, 0.2) is 47.4 Å². The summed E-state index contributed by atoms with van der Waals surface area (Å²) in [4.78, 5) is 30.4. The molecule has 5 nitrogen and oxygen atoms in total. The zero-order chi connectivity index (χ0) is 17.8. The van der Waals surface area contributed by atoms with Crippen molar-refractivity contribution in [2.24, 2.45) is 0 Å². The van der Waals surface area contributed by atoms with Crippen LogP contribution in [0.1, 0.15) is 11.4 Å². The van der Waals surface area contributed by atoms with Crippen LogP contribution < -0.4 is 4.74 Å². The average molecular weight is 375 g/mol. The van der Waals surface area contributed by atoms with Gasteiger partial charge in [0.25, 0.3) is 11.1 Å². The molecule has 0 aliphatic carbocycles. The van der Waals surface area contributed by atoms with Crippen molar-refractivity contribution < 1.29 is 14.3 Å². The number of rotatable bonds is 5. The minimum atomic E-state index is -0.332. The maximum absolute atomic E-state index is 12.4. The first-order valence-corrected chi connectivity index (χ1v) is 8.80. The van der Waals surface area contributed by atoms with Crippen LogP contribution in [0, 0.1) is 6.92 Å². The Morgan fingerprint density at radius 1 is 1.20 bits per heavy atom. The second kappa shape index (κ2) is 7.72. The van der Waals surface area contributed by atoms with Gasteiger partial charge >= 0.3 is 0 Å². The number of pyridine rings is 1. The number of aromatic nitrogens is 1. The molecule has 0 saturated carbocycles. The summed E-state index contributed by atoms with van der Waals surface area (Å²) in [7, 11) is 0. The molecule has 2 amide bonds. The van der Waals surface area contributed by atoms with Crippen LogP contribution in [0.2, 0.25) is 5.02 Å². The Morgan fingerprint density at radius 2 is 2.00 bits per heavy atom. The fraction of sp³-hybridized carbons (Fsp3) is 0.167. The number of hydrogen-bond acceptors (Lipinski definition) is 5. The van der Waals surface area contributed by atoms with Crippen molar-refractivity contribution in [3.8, 4) is 5.75 Å². The Kier molecular flexibility index (Phi) is 5.40. The quantitative estimate of drug-likeness (QED) is 0.735. The third kappa shape index (κ3) is 4.21. The van der Waals surface area contributed by atoms with E-state index in [1.54, 1.807) is 36.4 Å². The first kappa shape index (κ1) is 17.5. The first-order valence-electron chi connectivity index (χ1n) is 7.61. The average Bonchev–Trinajstić information content (AvgIpc) is 2.84. The highest BCUT2D eigenvalue weighted by molar-refractivity contribution is 8.18. The lowest BCUT2D eigenvalue weighted by Gasteiger charge is -2.13. The fourth-order valence-electron chi connectivity index (χ4n) is 2.28. The van der Waals surface area contributed by atoms with E-state index in [2.05, 4.69) is 4.98 Å². The molecule has 128 valence electrons. The number of para-hydroxylation sites is 1. The van der Waals surface area contributed by atoms with Gasteiger partial charge < -0.3 is 4.74 Å². The molecule has 1 saturated heterocycles. The Morgan fingerprint density at radius 3 is 2.76 bits per heavy atom. The van der Waals surface area contributed by atoms with E-state index in [9.17, 15) is 9.59 Å². The van der Waals surface area contributed by atoms with E-state index in [1.807, 2.05) is 19.1 Å². The lowest BCUT2D eigenvalue weighted by atomic mass is 10.3. The van der Waals surface area contributed by atoms with Crippen molar-refractivity contribution in [2.45, 2.75) is 6.92 Å². The second-order valence-corrected chi connectivity index (χ2v) is 6.72. The van der Waals surface area contributed by atoms with Gasteiger partial charge in [0.15, 0.2) is 0 Å². The Balaban J connectivity index is 1.64. The van der Waals surface area contributed by atoms with Gasteiger partial charge in [0.05, 0.1) is 22.2 Å². The molecule has 2 aromatic rings. The van der Waals surface area contributed by atoms with E-state index in [4.69, 9.17) is 16.3 Å². The molecule has 7 heteroatoms. The van der Waals surface area contributed by atoms with Crippen LogP contribution in [-0.4, -0.2) is 34.2 Å². The number of carbonyl (C=O) groups is 2. The lowest BCUT2D eigenvalue weighted by molar-refractivity contribution is -0.123. The number of carbonyl (C=O) groups excluding carboxylic acids is 2. The number of benzene rings is 1. The number of amides is 2. The number of thioether (sulfide) groups is 1. The number of imide groups is 1. The molecule has 0 bridgehead atoms. The van der Waals surface area contributed by atoms with E-state index in [0.29, 0.717) is 21.4 Å². The molecule has 2 heterocycles. The highest BCUT2D eigenvalue weighted by Crippen LogP contribution is 2.32. The van der Waals surface area contributed by atoms with Crippen LogP contribution in [-0.2, 0) is 4.79 Å². The van der Waals surface area contributed by atoms with Crippen molar-refractivity contribution in [1.82, 2.24) is 9.88 Å². The summed E-state index contributed by atoms with van der Waals surface area (Å²) in [5.74, 6) is 0.191. The summed E-state index contributed by atoms with van der Waals surface area (Å²) < 4.78 is 5.55. The zero-order valence-electron chi connectivity index (χ0n) is 13.4. The van der Waals surface area contributed by atoms with Gasteiger partial charge in [-0.1, -0.05) is 29.8 Å². The van der Waals surface area contributed by atoms with Gasteiger partial charge in [-0.2, -0.15) is 0 Å². The zero-order valence-corrected chi connectivity index (χ0v) is 15.0. The normalized spacial score (nSPS) is 15.9. The van der Waals surface area contributed by atoms with E-state index in [0.717, 1.165) is 17.5 Å². The van der Waals surface area contributed by atoms with Gasteiger partial charge in [-0.05, 0) is 49.0 Å². The number of ether oxygens (including phenoxy) is 1. The van der Waals surface area contributed by atoms with Crippen LogP contribution >= 0.6 is 23.4 Å². The number of nitrogens with zero attached hydrogens (tertiary/aromatic N) is 2. The molecular formula is C18H15ClN2O3S. The molecule has 0 N–H and O–H groups in total. The van der Waals surface area contributed by atoms with Gasteiger partial charge in [0.2, 0.25) is 0 Å². The maximum Gasteiger partial charge on any atom is 0.293 e. The second-order valence-electron chi connectivity index (χ2n) is 5.32. The molecule has 0 radical (unpaired) electrons. The van der Waals surface area contributed by atoms with Crippen LogP contribution in [0.3, 0.4) is 0 Å². The number of hydrogen-bond donors (Lipinski definition) is 0. The largest absolute Gasteiger partial charge is 0.490 e. The molecule has 1 fully saturated rings. The van der Waals surface area contributed by atoms with E-state index in [-0.39, 0.29) is 24.3 Å². The smallest absolute Gasteiger partial charge is 0.293 e. The monoisotopic (exact) mass is 374 g/mol. The van der Waals surface area contributed by atoms with Crippen molar-refractivity contribution in [1.29, 1.82) is 0 Å². The van der Waals surface area contributed by atoms with Crippen molar-refractivity contribution in [3.63, 3.8) is 0 Å². The number of halogens is 1. The molecular weight excluding hydrogens is 360 g/mol. The molecule has 1 aliphatic heterocycles. The van der Waals surface area contributed by atoms with E-state index >= 15 is 0 Å². The van der Waals surface area contributed by atoms with Gasteiger partial charge in [-0.15, -0.1) is 0 Å². The molecule has 1 aliphatic rings. The summed E-state index contributed by atoms with van der Waals surface area (Å²) in [5, 5.41) is 0.175. The van der Waals surface area contributed by atoms with Crippen molar-refractivity contribution in [2.75, 3.05) is 13.2 Å².